The van der Waals surface area contributed by atoms with E-state index in [1.807, 2.05) is 48.5 Å². The molecular formula is C34H46N2O6. The molecular weight excluding hydrogens is 532 g/mol. The standard InChI is InChI=1S/C34H46N2O6/c1-21-29(17-36-20-34(6)16-28(36)15-33(4,5)19-34)41-32(42-30(21)25-9-7-24(18-37)8-10-25)26-11-13-27(14-12-26)35-31(39)22(2)40-23(3)38/h7-14,21-22,28-30,32,37H,15-20H2,1-6H3,(H,35,39)/t21-,22+,28?,29+,30+,32+,34?/m1/s1. The highest BCUT2D eigenvalue weighted by molar-refractivity contribution is 5.94. The molecule has 228 valence electrons. The number of aliphatic hydroxyl groups is 1. The Labute approximate surface area is 249 Å². The quantitative estimate of drug-likeness (QED) is 0.385. The first-order valence-corrected chi connectivity index (χ1v) is 15.2. The number of fused-ring (bicyclic) bond motifs is 2. The van der Waals surface area contributed by atoms with E-state index >= 15 is 0 Å². The maximum absolute atomic E-state index is 12.4. The molecule has 2 N–H and O–H groups in total. The number of hydrogen-bond acceptors (Lipinski definition) is 7. The van der Waals surface area contributed by atoms with Crippen LogP contribution in [0.25, 0.3) is 0 Å². The minimum atomic E-state index is -0.884. The lowest BCUT2D eigenvalue weighted by molar-refractivity contribution is -0.276. The highest BCUT2D eigenvalue weighted by atomic mass is 16.7. The molecule has 2 unspecified atom stereocenters. The Kier molecular flexibility index (Phi) is 8.82. The summed E-state index contributed by atoms with van der Waals surface area (Å²) < 4.78 is 18.3. The third kappa shape index (κ3) is 6.88. The van der Waals surface area contributed by atoms with Crippen molar-refractivity contribution >= 4 is 17.6 Å². The van der Waals surface area contributed by atoms with Crippen molar-refractivity contribution in [1.29, 1.82) is 0 Å². The molecule has 0 spiro atoms. The van der Waals surface area contributed by atoms with Crippen molar-refractivity contribution in [3.8, 4) is 0 Å². The van der Waals surface area contributed by atoms with Gasteiger partial charge in [-0.1, -0.05) is 64.1 Å². The zero-order valence-corrected chi connectivity index (χ0v) is 25.8. The first-order valence-electron chi connectivity index (χ1n) is 15.2. The van der Waals surface area contributed by atoms with E-state index in [-0.39, 0.29) is 24.7 Å². The van der Waals surface area contributed by atoms with Crippen LogP contribution in [0.2, 0.25) is 0 Å². The first-order chi connectivity index (χ1) is 19.8. The number of benzene rings is 2. The van der Waals surface area contributed by atoms with Gasteiger partial charge in [-0.3, -0.25) is 14.5 Å². The Morgan fingerprint density at radius 3 is 2.36 bits per heavy atom. The minimum Gasteiger partial charge on any atom is -0.453 e. The summed E-state index contributed by atoms with van der Waals surface area (Å²) in [5, 5.41) is 12.3. The number of carbonyl (C=O) groups excluding carboxylic acids is 2. The molecule has 3 aliphatic rings. The van der Waals surface area contributed by atoms with E-state index in [9.17, 15) is 14.7 Å². The van der Waals surface area contributed by atoms with Crippen molar-refractivity contribution < 1.29 is 28.9 Å². The minimum absolute atomic E-state index is 0.00370. The van der Waals surface area contributed by atoms with Gasteiger partial charge >= 0.3 is 5.97 Å². The Bertz CT molecular complexity index is 1260. The summed E-state index contributed by atoms with van der Waals surface area (Å²) in [5.41, 5.74) is 4.08. The van der Waals surface area contributed by atoms with Gasteiger partial charge in [0, 0.05) is 43.2 Å². The molecule has 0 aromatic heterocycles. The third-order valence-corrected chi connectivity index (χ3v) is 9.22. The molecule has 7 atom stereocenters. The van der Waals surface area contributed by atoms with Gasteiger partial charge < -0.3 is 24.6 Å². The predicted octanol–water partition coefficient (Wildman–Crippen LogP) is 5.76. The van der Waals surface area contributed by atoms with Crippen molar-refractivity contribution in [3.63, 3.8) is 0 Å². The lowest BCUT2D eigenvalue weighted by atomic mass is 9.65. The predicted molar refractivity (Wildman–Crippen MR) is 160 cm³/mol. The number of hydrogen-bond donors (Lipinski definition) is 2. The maximum atomic E-state index is 12.4. The van der Waals surface area contributed by atoms with Crippen molar-refractivity contribution in [2.24, 2.45) is 16.7 Å². The van der Waals surface area contributed by atoms with Crippen LogP contribution >= 0.6 is 0 Å². The van der Waals surface area contributed by atoms with Crippen molar-refractivity contribution in [3.05, 3.63) is 65.2 Å². The summed E-state index contributed by atoms with van der Waals surface area (Å²) in [6.45, 7) is 14.2. The normalized spacial score (nSPS) is 31.4. The molecule has 2 aromatic carbocycles. The summed E-state index contributed by atoms with van der Waals surface area (Å²) in [6.07, 6.45) is 2.02. The van der Waals surface area contributed by atoms with E-state index in [1.165, 1.54) is 26.2 Å². The molecule has 5 rings (SSSR count). The van der Waals surface area contributed by atoms with Gasteiger partial charge in [-0.25, -0.2) is 0 Å². The zero-order chi connectivity index (χ0) is 30.2. The molecule has 1 saturated carbocycles. The zero-order valence-electron chi connectivity index (χ0n) is 25.8. The van der Waals surface area contributed by atoms with Crippen LogP contribution < -0.4 is 5.32 Å². The van der Waals surface area contributed by atoms with Crippen LogP contribution in [0.5, 0.6) is 0 Å². The lowest BCUT2D eigenvalue weighted by Gasteiger charge is -2.43. The summed E-state index contributed by atoms with van der Waals surface area (Å²) in [5.74, 6) is -0.779. The highest BCUT2D eigenvalue weighted by Crippen LogP contribution is 2.53. The Morgan fingerprint density at radius 2 is 1.71 bits per heavy atom. The Morgan fingerprint density at radius 1 is 1.05 bits per heavy atom. The Hall–Kier alpha value is -2.78. The number of rotatable bonds is 8. The molecule has 42 heavy (non-hydrogen) atoms. The van der Waals surface area contributed by atoms with Crippen LogP contribution in [0, 0.1) is 16.7 Å². The van der Waals surface area contributed by atoms with Gasteiger partial charge in [-0.15, -0.1) is 0 Å². The van der Waals surface area contributed by atoms with Gasteiger partial charge in [0.15, 0.2) is 12.4 Å². The van der Waals surface area contributed by atoms with E-state index in [2.05, 4.69) is 37.9 Å². The number of nitrogens with zero attached hydrogens (tertiary/aromatic N) is 1. The molecule has 2 aromatic rings. The molecule has 2 aliphatic heterocycles. The van der Waals surface area contributed by atoms with Gasteiger partial charge in [0.05, 0.1) is 18.8 Å². The number of ether oxygens (including phenoxy) is 3. The van der Waals surface area contributed by atoms with Crippen molar-refractivity contribution in [1.82, 2.24) is 4.90 Å². The SMILES string of the molecule is CC(=O)O[C@@H](C)C(=O)Nc1ccc([C@H]2O[C@@H](CN3CC4(C)CC3CC(C)(C)C4)[C@@H](C)[C@@H](c3ccc(CO)cc3)O2)cc1. The van der Waals surface area contributed by atoms with E-state index in [1.54, 1.807) is 6.92 Å². The molecule has 8 nitrogen and oxygen atoms in total. The molecule has 2 heterocycles. The van der Waals surface area contributed by atoms with Gasteiger partial charge in [-0.2, -0.15) is 0 Å². The number of aliphatic hydroxyl groups excluding tert-OH is 1. The van der Waals surface area contributed by atoms with Crippen molar-refractivity contribution in [2.45, 2.75) is 98.1 Å². The summed E-state index contributed by atoms with van der Waals surface area (Å²) >= 11 is 0. The smallest absolute Gasteiger partial charge is 0.303 e. The molecule has 1 amide bonds. The second-order valence-electron chi connectivity index (χ2n) is 13.8. The number of likely N-dealkylation sites (tertiary alicyclic amines) is 1. The van der Waals surface area contributed by atoms with E-state index < -0.39 is 24.3 Å². The maximum Gasteiger partial charge on any atom is 0.303 e. The number of nitrogens with one attached hydrogen (secondary N) is 1. The summed E-state index contributed by atoms with van der Waals surface area (Å²) in [6, 6.07) is 16.0. The van der Waals surface area contributed by atoms with E-state index in [0.29, 0.717) is 22.6 Å². The van der Waals surface area contributed by atoms with E-state index in [0.717, 1.165) is 29.8 Å². The van der Waals surface area contributed by atoms with Crippen LogP contribution in [0.3, 0.4) is 0 Å². The molecule has 8 heteroatoms. The second-order valence-corrected chi connectivity index (χ2v) is 13.8. The topological polar surface area (TPSA) is 97.3 Å². The fourth-order valence-corrected chi connectivity index (χ4v) is 7.62. The average molecular weight is 579 g/mol. The summed E-state index contributed by atoms with van der Waals surface area (Å²) in [7, 11) is 0. The van der Waals surface area contributed by atoms with Crippen LogP contribution in [0.1, 0.15) is 89.9 Å². The van der Waals surface area contributed by atoms with Crippen LogP contribution in [0.4, 0.5) is 5.69 Å². The molecule has 2 saturated heterocycles. The second kappa shape index (κ2) is 12.1. The lowest BCUT2D eigenvalue weighted by Crippen LogP contribution is -2.46. The molecule has 1 aliphatic carbocycles. The first kappa shape index (κ1) is 30.7. The van der Waals surface area contributed by atoms with E-state index in [4.69, 9.17) is 14.2 Å². The van der Waals surface area contributed by atoms with Gasteiger partial charge in [0.25, 0.3) is 5.91 Å². The molecule has 2 bridgehead atoms. The highest BCUT2D eigenvalue weighted by Gasteiger charge is 2.51. The molecule has 0 radical (unpaired) electrons. The largest absolute Gasteiger partial charge is 0.453 e. The third-order valence-electron chi connectivity index (χ3n) is 9.22. The molecule has 3 fully saturated rings. The summed E-state index contributed by atoms with van der Waals surface area (Å²) in [4.78, 5) is 26.3. The number of anilines is 1. The average Bonchev–Trinajstić information content (AvgIpc) is 3.17. The Balaban J connectivity index is 1.35. The van der Waals surface area contributed by atoms with Crippen LogP contribution in [0.15, 0.2) is 48.5 Å². The monoisotopic (exact) mass is 578 g/mol. The van der Waals surface area contributed by atoms with Gasteiger partial charge in [0.2, 0.25) is 0 Å². The number of esters is 1. The van der Waals surface area contributed by atoms with Crippen molar-refractivity contribution in [2.75, 3.05) is 18.4 Å². The fraction of sp³-hybridized carbons (Fsp3) is 0.588. The number of amides is 1. The van der Waals surface area contributed by atoms with Gasteiger partial charge in [0.1, 0.15) is 0 Å². The van der Waals surface area contributed by atoms with Gasteiger partial charge in [-0.05, 0) is 60.3 Å². The fourth-order valence-electron chi connectivity index (χ4n) is 7.62. The van der Waals surface area contributed by atoms with Crippen LogP contribution in [-0.4, -0.2) is 53.2 Å². The van der Waals surface area contributed by atoms with Crippen LogP contribution in [-0.2, 0) is 30.4 Å². The number of carbonyl (C=O) groups is 2.